The Kier molecular flexibility index (Phi) is 5.79. The molecule has 1 saturated heterocycles. The Morgan fingerprint density at radius 2 is 2.19 bits per heavy atom. The summed E-state index contributed by atoms with van der Waals surface area (Å²) in [4.78, 5) is 18.6. The lowest BCUT2D eigenvalue weighted by molar-refractivity contribution is -0.140. The second-order valence-corrected chi connectivity index (χ2v) is 7.15. The van der Waals surface area contributed by atoms with Gasteiger partial charge in [0.05, 0.1) is 5.41 Å². The number of amides is 1. The van der Waals surface area contributed by atoms with Crippen LogP contribution in [0.15, 0.2) is 17.5 Å². The summed E-state index contributed by atoms with van der Waals surface area (Å²) in [7, 11) is 0. The smallest absolute Gasteiger partial charge is 0.229 e. The molecule has 0 spiro atoms. The minimum Gasteiger partial charge on any atom is -0.341 e. The van der Waals surface area contributed by atoms with Gasteiger partial charge < -0.3 is 10.6 Å². The predicted molar refractivity (Wildman–Crippen MR) is 88.2 cm³/mol. The summed E-state index contributed by atoms with van der Waals surface area (Å²) < 4.78 is 0. The maximum absolute atomic E-state index is 12.7. The highest BCUT2D eigenvalue weighted by molar-refractivity contribution is 7.09. The molecule has 5 heteroatoms. The molecule has 0 radical (unpaired) electrons. The van der Waals surface area contributed by atoms with Gasteiger partial charge in [0.1, 0.15) is 0 Å². The quantitative estimate of drug-likeness (QED) is 0.907. The Morgan fingerprint density at radius 1 is 1.38 bits per heavy atom. The van der Waals surface area contributed by atoms with Gasteiger partial charge in [0, 0.05) is 44.1 Å². The zero-order valence-electron chi connectivity index (χ0n) is 13.2. The van der Waals surface area contributed by atoms with E-state index in [9.17, 15) is 4.79 Å². The maximum Gasteiger partial charge on any atom is 0.229 e. The van der Waals surface area contributed by atoms with Crippen LogP contribution in [0.5, 0.6) is 0 Å². The average Bonchev–Trinajstić information content (AvgIpc) is 2.90. The van der Waals surface area contributed by atoms with E-state index in [4.69, 9.17) is 5.73 Å². The first-order chi connectivity index (χ1) is 10.1. The molecule has 1 unspecified atom stereocenters. The zero-order chi connectivity index (χ0) is 15.3. The predicted octanol–water partition coefficient (Wildman–Crippen LogP) is 2.16. The van der Waals surface area contributed by atoms with Gasteiger partial charge in [0.25, 0.3) is 0 Å². The summed E-state index contributed by atoms with van der Waals surface area (Å²) in [6, 6.07) is 4.28. The van der Waals surface area contributed by atoms with Gasteiger partial charge in [-0.05, 0) is 31.2 Å². The van der Waals surface area contributed by atoms with Gasteiger partial charge in [-0.25, -0.2) is 0 Å². The second kappa shape index (κ2) is 7.38. The Labute approximate surface area is 131 Å². The Bertz CT molecular complexity index is 442. The van der Waals surface area contributed by atoms with Gasteiger partial charge in [-0.1, -0.05) is 13.0 Å². The fourth-order valence-electron chi connectivity index (χ4n) is 2.72. The van der Waals surface area contributed by atoms with Gasteiger partial charge in [-0.3, -0.25) is 9.69 Å². The first kappa shape index (κ1) is 16.5. The molecule has 4 nitrogen and oxygen atoms in total. The summed E-state index contributed by atoms with van der Waals surface area (Å²) in [5.41, 5.74) is 5.43. The van der Waals surface area contributed by atoms with Crippen molar-refractivity contribution in [1.82, 2.24) is 9.80 Å². The van der Waals surface area contributed by atoms with Crippen molar-refractivity contribution in [3.63, 3.8) is 0 Å². The Hall–Kier alpha value is -0.910. The molecule has 1 atom stereocenters. The topological polar surface area (TPSA) is 49.6 Å². The van der Waals surface area contributed by atoms with E-state index in [1.807, 2.05) is 18.7 Å². The number of nitrogens with two attached hydrogens (primary N) is 1. The van der Waals surface area contributed by atoms with Crippen LogP contribution in [0, 0.1) is 5.41 Å². The van der Waals surface area contributed by atoms with Gasteiger partial charge in [0.15, 0.2) is 0 Å². The van der Waals surface area contributed by atoms with Gasteiger partial charge in [0.2, 0.25) is 5.91 Å². The van der Waals surface area contributed by atoms with E-state index in [0.29, 0.717) is 6.54 Å². The van der Waals surface area contributed by atoms with Crippen LogP contribution in [0.1, 0.15) is 31.6 Å². The molecule has 0 aliphatic carbocycles. The fourth-order valence-corrected chi connectivity index (χ4v) is 3.47. The third-order valence-electron chi connectivity index (χ3n) is 4.58. The van der Waals surface area contributed by atoms with Crippen LogP contribution in [-0.4, -0.2) is 48.4 Å². The van der Waals surface area contributed by atoms with Crippen LogP contribution in [0.2, 0.25) is 0 Å². The van der Waals surface area contributed by atoms with Crippen molar-refractivity contribution in [3.05, 3.63) is 22.4 Å². The maximum atomic E-state index is 12.7. The van der Waals surface area contributed by atoms with E-state index in [2.05, 4.69) is 22.4 Å². The Balaban J connectivity index is 1.92. The number of rotatable bonds is 5. The molecule has 1 aromatic rings. The summed E-state index contributed by atoms with van der Waals surface area (Å²) in [6.45, 7) is 9.16. The summed E-state index contributed by atoms with van der Waals surface area (Å²) in [6.07, 6.45) is 1.85. The van der Waals surface area contributed by atoms with Crippen molar-refractivity contribution in [2.75, 3.05) is 32.7 Å². The zero-order valence-corrected chi connectivity index (χ0v) is 14.0. The van der Waals surface area contributed by atoms with Crippen LogP contribution in [0.3, 0.4) is 0 Å². The van der Waals surface area contributed by atoms with Gasteiger partial charge in [-0.2, -0.15) is 0 Å². The van der Waals surface area contributed by atoms with E-state index in [0.717, 1.165) is 45.6 Å². The van der Waals surface area contributed by atoms with E-state index in [-0.39, 0.29) is 5.91 Å². The number of carbonyl (C=O) groups is 1. The number of thiophene rings is 1. The largest absolute Gasteiger partial charge is 0.341 e. The van der Waals surface area contributed by atoms with Crippen LogP contribution >= 0.6 is 11.3 Å². The molecule has 1 amide bonds. The molecular weight excluding hydrogens is 282 g/mol. The highest BCUT2D eigenvalue weighted by atomic mass is 32.1. The number of nitrogens with zero attached hydrogens (tertiary/aromatic N) is 2. The molecule has 1 aliphatic heterocycles. The van der Waals surface area contributed by atoms with Gasteiger partial charge >= 0.3 is 0 Å². The van der Waals surface area contributed by atoms with Crippen LogP contribution in [-0.2, 0) is 11.3 Å². The lowest BCUT2D eigenvalue weighted by Crippen LogP contribution is -2.47. The highest BCUT2D eigenvalue weighted by Crippen LogP contribution is 2.23. The molecule has 0 bridgehead atoms. The second-order valence-electron chi connectivity index (χ2n) is 6.12. The van der Waals surface area contributed by atoms with E-state index < -0.39 is 5.41 Å². The minimum atomic E-state index is -0.400. The molecular formula is C16H27N3OS. The van der Waals surface area contributed by atoms with Crippen molar-refractivity contribution < 1.29 is 4.79 Å². The Morgan fingerprint density at radius 3 is 2.81 bits per heavy atom. The van der Waals surface area contributed by atoms with Crippen LogP contribution in [0.25, 0.3) is 0 Å². The monoisotopic (exact) mass is 309 g/mol. The number of hydrogen-bond donors (Lipinski definition) is 1. The van der Waals surface area contributed by atoms with Crippen molar-refractivity contribution in [2.45, 2.75) is 33.2 Å². The molecule has 2 N–H and O–H groups in total. The molecule has 1 aliphatic rings. The normalized spacial score (nSPS) is 20.0. The number of carbonyl (C=O) groups excluding carboxylic acids is 1. The molecule has 2 rings (SSSR count). The molecule has 21 heavy (non-hydrogen) atoms. The van der Waals surface area contributed by atoms with Crippen LogP contribution < -0.4 is 5.73 Å². The fraction of sp³-hybridized carbons (Fsp3) is 0.688. The van der Waals surface area contributed by atoms with Crippen molar-refractivity contribution >= 4 is 17.2 Å². The standard InChI is InChI=1S/C16H27N3OS/c1-3-16(2,13-17)15(20)19-8-5-7-18(9-10-19)12-14-6-4-11-21-14/h4,6,11H,3,5,7-10,12-13,17H2,1-2H3. The van der Waals surface area contributed by atoms with E-state index in [1.54, 1.807) is 11.3 Å². The van der Waals surface area contributed by atoms with Crippen molar-refractivity contribution in [1.29, 1.82) is 0 Å². The first-order valence-corrected chi connectivity index (χ1v) is 8.71. The first-order valence-electron chi connectivity index (χ1n) is 7.83. The SMILES string of the molecule is CCC(C)(CN)C(=O)N1CCCN(Cc2cccs2)CC1. The number of hydrogen-bond acceptors (Lipinski definition) is 4. The minimum absolute atomic E-state index is 0.227. The molecule has 2 heterocycles. The lowest BCUT2D eigenvalue weighted by atomic mass is 9.86. The molecule has 1 fully saturated rings. The van der Waals surface area contributed by atoms with Crippen molar-refractivity contribution in [3.8, 4) is 0 Å². The van der Waals surface area contributed by atoms with Gasteiger partial charge in [-0.15, -0.1) is 11.3 Å². The van der Waals surface area contributed by atoms with Crippen molar-refractivity contribution in [2.24, 2.45) is 11.1 Å². The van der Waals surface area contributed by atoms with E-state index >= 15 is 0 Å². The third kappa shape index (κ3) is 4.05. The summed E-state index contributed by atoms with van der Waals surface area (Å²) in [5, 5.41) is 2.12. The van der Waals surface area contributed by atoms with E-state index in [1.165, 1.54) is 4.88 Å². The summed E-state index contributed by atoms with van der Waals surface area (Å²) in [5.74, 6) is 0.227. The lowest BCUT2D eigenvalue weighted by Gasteiger charge is -2.32. The molecule has 0 aromatic carbocycles. The summed E-state index contributed by atoms with van der Waals surface area (Å²) >= 11 is 1.80. The molecule has 0 saturated carbocycles. The third-order valence-corrected chi connectivity index (χ3v) is 5.44. The molecule has 118 valence electrons. The van der Waals surface area contributed by atoms with Crippen LogP contribution in [0.4, 0.5) is 0 Å². The highest BCUT2D eigenvalue weighted by Gasteiger charge is 2.34. The molecule has 1 aromatic heterocycles. The average molecular weight is 309 g/mol.